The summed E-state index contributed by atoms with van der Waals surface area (Å²) in [4.78, 5) is 0. The zero-order chi connectivity index (χ0) is 10.1. The quantitative estimate of drug-likeness (QED) is 0.775. The van der Waals surface area contributed by atoms with E-state index >= 15 is 0 Å². The smallest absolute Gasteiger partial charge is 0.0423 e. The Morgan fingerprint density at radius 2 is 1.79 bits per heavy atom. The Bertz CT molecular complexity index is 321. The number of rotatable bonds is 1. The fourth-order valence-electron chi connectivity index (χ4n) is 1.85. The Hall–Kier alpha value is -0.280. The van der Waals surface area contributed by atoms with Crippen molar-refractivity contribution in [3.8, 4) is 0 Å². The van der Waals surface area contributed by atoms with Gasteiger partial charge in [0.25, 0.3) is 0 Å². The monoisotopic (exact) mass is 230 g/mol. The van der Waals surface area contributed by atoms with E-state index in [2.05, 4.69) is 5.32 Å². The van der Waals surface area contributed by atoms with Crippen LogP contribution in [0.2, 0.25) is 10.0 Å². The Labute approximate surface area is 93.4 Å². The molecule has 0 amide bonds. The van der Waals surface area contributed by atoms with Gasteiger partial charge in [0.15, 0.2) is 0 Å². The van der Waals surface area contributed by atoms with Crippen LogP contribution < -0.4 is 11.1 Å². The first kappa shape index (κ1) is 10.2. The van der Waals surface area contributed by atoms with Crippen LogP contribution >= 0.6 is 23.2 Å². The largest absolute Gasteiger partial charge is 0.326 e. The van der Waals surface area contributed by atoms with Gasteiger partial charge in [0, 0.05) is 35.1 Å². The third kappa shape index (κ3) is 2.04. The molecule has 2 rings (SSSR count). The molecule has 14 heavy (non-hydrogen) atoms. The zero-order valence-corrected chi connectivity index (χ0v) is 9.15. The number of halogens is 2. The van der Waals surface area contributed by atoms with Crippen LogP contribution in [-0.2, 0) is 0 Å². The van der Waals surface area contributed by atoms with Crippen LogP contribution in [0.3, 0.4) is 0 Å². The fourth-order valence-corrected chi connectivity index (χ4v) is 2.40. The first-order chi connectivity index (χ1) is 6.66. The number of benzene rings is 1. The molecule has 2 nitrogen and oxygen atoms in total. The summed E-state index contributed by atoms with van der Waals surface area (Å²) in [6, 6.07) is 5.76. The van der Waals surface area contributed by atoms with Crippen LogP contribution in [0.15, 0.2) is 18.2 Å². The fraction of sp³-hybridized carbons (Fsp3) is 0.400. The van der Waals surface area contributed by atoms with E-state index in [0.29, 0.717) is 16.0 Å². The Morgan fingerprint density at radius 1 is 1.14 bits per heavy atom. The lowest BCUT2D eigenvalue weighted by Gasteiger charge is -2.15. The highest BCUT2D eigenvalue weighted by atomic mass is 35.5. The van der Waals surface area contributed by atoms with Crippen molar-refractivity contribution in [3.05, 3.63) is 33.8 Å². The second kappa shape index (κ2) is 4.07. The minimum Gasteiger partial charge on any atom is -0.326 e. The first-order valence-corrected chi connectivity index (χ1v) is 5.34. The molecular weight excluding hydrogens is 219 g/mol. The van der Waals surface area contributed by atoms with Crippen LogP contribution in [0.4, 0.5) is 0 Å². The molecule has 2 atom stereocenters. The molecule has 0 bridgehead atoms. The molecule has 1 aromatic carbocycles. The molecule has 1 fully saturated rings. The standard InChI is InChI=1S/C10H12Cl2N2/c11-7-1-6(2-8(12)3-7)9-4-14-5-10(9)13/h1-3,9-10,14H,4-5,13H2. The van der Waals surface area contributed by atoms with Crippen molar-refractivity contribution in [3.63, 3.8) is 0 Å². The lowest BCUT2D eigenvalue weighted by atomic mass is 9.95. The van der Waals surface area contributed by atoms with Crippen molar-refractivity contribution in [1.82, 2.24) is 5.32 Å². The summed E-state index contributed by atoms with van der Waals surface area (Å²) in [5, 5.41) is 4.59. The molecule has 0 radical (unpaired) electrons. The highest BCUT2D eigenvalue weighted by Crippen LogP contribution is 2.27. The number of hydrogen-bond donors (Lipinski definition) is 2. The minimum atomic E-state index is 0.157. The average Bonchev–Trinajstić information content (AvgIpc) is 2.49. The maximum Gasteiger partial charge on any atom is 0.0423 e. The summed E-state index contributed by atoms with van der Waals surface area (Å²) in [5.74, 6) is 0.325. The van der Waals surface area contributed by atoms with Crippen molar-refractivity contribution in [2.75, 3.05) is 13.1 Å². The van der Waals surface area contributed by atoms with Crippen LogP contribution in [0, 0.1) is 0 Å². The SMILES string of the molecule is NC1CNCC1c1cc(Cl)cc(Cl)c1. The van der Waals surface area contributed by atoms with Gasteiger partial charge in [-0.25, -0.2) is 0 Å². The van der Waals surface area contributed by atoms with E-state index in [0.717, 1.165) is 18.7 Å². The van der Waals surface area contributed by atoms with E-state index in [1.807, 2.05) is 12.1 Å². The predicted molar refractivity (Wildman–Crippen MR) is 60.0 cm³/mol. The van der Waals surface area contributed by atoms with E-state index in [9.17, 15) is 0 Å². The van der Waals surface area contributed by atoms with E-state index in [1.54, 1.807) is 6.07 Å². The minimum absolute atomic E-state index is 0.157. The molecule has 0 aliphatic carbocycles. The summed E-state index contributed by atoms with van der Waals surface area (Å²) in [6.07, 6.45) is 0. The van der Waals surface area contributed by atoms with Gasteiger partial charge in [0.1, 0.15) is 0 Å². The van der Waals surface area contributed by atoms with Crippen molar-refractivity contribution >= 4 is 23.2 Å². The Kier molecular flexibility index (Phi) is 2.98. The number of hydrogen-bond acceptors (Lipinski definition) is 2. The number of nitrogens with one attached hydrogen (secondary N) is 1. The molecule has 1 aromatic rings. The van der Waals surface area contributed by atoms with E-state index < -0.39 is 0 Å². The van der Waals surface area contributed by atoms with Gasteiger partial charge < -0.3 is 11.1 Å². The normalized spacial score (nSPS) is 26.8. The van der Waals surface area contributed by atoms with Crippen LogP contribution in [0.5, 0.6) is 0 Å². The summed E-state index contributed by atoms with van der Waals surface area (Å²) >= 11 is 11.9. The van der Waals surface area contributed by atoms with Gasteiger partial charge in [-0.15, -0.1) is 0 Å². The molecule has 76 valence electrons. The van der Waals surface area contributed by atoms with Gasteiger partial charge in [-0.2, -0.15) is 0 Å². The van der Waals surface area contributed by atoms with Gasteiger partial charge in [0.2, 0.25) is 0 Å². The van der Waals surface area contributed by atoms with Crippen molar-refractivity contribution < 1.29 is 0 Å². The molecule has 0 saturated carbocycles. The van der Waals surface area contributed by atoms with Crippen molar-refractivity contribution in [2.24, 2.45) is 5.73 Å². The second-order valence-corrected chi connectivity index (χ2v) is 4.50. The van der Waals surface area contributed by atoms with Gasteiger partial charge >= 0.3 is 0 Å². The third-order valence-electron chi connectivity index (χ3n) is 2.57. The number of nitrogens with two attached hydrogens (primary N) is 1. The molecule has 2 unspecified atom stereocenters. The summed E-state index contributed by atoms with van der Waals surface area (Å²) in [5.41, 5.74) is 7.09. The van der Waals surface area contributed by atoms with Gasteiger partial charge in [-0.3, -0.25) is 0 Å². The molecule has 1 aliphatic rings. The van der Waals surface area contributed by atoms with Gasteiger partial charge in [-0.1, -0.05) is 23.2 Å². The predicted octanol–water partition coefficient (Wildman–Crippen LogP) is 2.01. The zero-order valence-electron chi connectivity index (χ0n) is 7.63. The molecule has 1 saturated heterocycles. The molecule has 4 heteroatoms. The third-order valence-corrected chi connectivity index (χ3v) is 3.01. The highest BCUT2D eigenvalue weighted by Gasteiger charge is 2.25. The van der Waals surface area contributed by atoms with Crippen molar-refractivity contribution in [1.29, 1.82) is 0 Å². The second-order valence-electron chi connectivity index (χ2n) is 3.63. The maximum atomic E-state index is 5.96. The van der Waals surface area contributed by atoms with Crippen molar-refractivity contribution in [2.45, 2.75) is 12.0 Å². The van der Waals surface area contributed by atoms with Crippen LogP contribution in [0.1, 0.15) is 11.5 Å². The molecule has 1 heterocycles. The van der Waals surface area contributed by atoms with E-state index in [4.69, 9.17) is 28.9 Å². The molecule has 1 aliphatic heterocycles. The summed E-state index contributed by atoms with van der Waals surface area (Å²) in [6.45, 7) is 1.76. The van der Waals surface area contributed by atoms with E-state index in [1.165, 1.54) is 0 Å². The van der Waals surface area contributed by atoms with Gasteiger partial charge in [-0.05, 0) is 23.8 Å². The van der Waals surface area contributed by atoms with Crippen LogP contribution in [-0.4, -0.2) is 19.1 Å². The Balaban J connectivity index is 2.31. The first-order valence-electron chi connectivity index (χ1n) is 4.59. The highest BCUT2D eigenvalue weighted by molar-refractivity contribution is 6.34. The lowest BCUT2D eigenvalue weighted by molar-refractivity contribution is 0.653. The lowest BCUT2D eigenvalue weighted by Crippen LogP contribution is -2.27. The molecular formula is C10H12Cl2N2. The average molecular weight is 231 g/mol. The Morgan fingerprint density at radius 3 is 2.29 bits per heavy atom. The maximum absolute atomic E-state index is 5.96. The summed E-state index contributed by atoms with van der Waals surface area (Å²) < 4.78 is 0. The summed E-state index contributed by atoms with van der Waals surface area (Å²) in [7, 11) is 0. The topological polar surface area (TPSA) is 38.0 Å². The van der Waals surface area contributed by atoms with E-state index in [-0.39, 0.29) is 6.04 Å². The molecule has 0 aromatic heterocycles. The molecule has 3 N–H and O–H groups in total. The van der Waals surface area contributed by atoms with Crippen LogP contribution in [0.25, 0.3) is 0 Å². The van der Waals surface area contributed by atoms with Gasteiger partial charge in [0.05, 0.1) is 0 Å². The molecule has 0 spiro atoms.